The lowest BCUT2D eigenvalue weighted by molar-refractivity contribution is -0.122. The van der Waals surface area contributed by atoms with Gasteiger partial charge in [-0.05, 0) is 30.7 Å². The summed E-state index contributed by atoms with van der Waals surface area (Å²) in [5.74, 6) is 0.703. The number of aliphatic hydroxyl groups is 1. The Balaban J connectivity index is 1.81. The quantitative estimate of drug-likeness (QED) is 0.811. The molecule has 2 rings (SSSR count). The van der Waals surface area contributed by atoms with Crippen molar-refractivity contribution < 1.29 is 9.90 Å². The van der Waals surface area contributed by atoms with Crippen LogP contribution in [0.4, 0.5) is 0 Å². The first kappa shape index (κ1) is 16.0. The molecule has 0 saturated heterocycles. The van der Waals surface area contributed by atoms with Gasteiger partial charge in [-0.25, -0.2) is 0 Å². The lowest BCUT2D eigenvalue weighted by Gasteiger charge is -2.28. The molecule has 0 heterocycles. The summed E-state index contributed by atoms with van der Waals surface area (Å²) in [6.45, 7) is 2.63. The summed E-state index contributed by atoms with van der Waals surface area (Å²) in [4.78, 5) is 12.0. The lowest BCUT2D eigenvalue weighted by Crippen LogP contribution is -2.40. The number of aliphatic hydroxyl groups excluding tert-OH is 1. The van der Waals surface area contributed by atoms with Crippen molar-refractivity contribution in [3.63, 3.8) is 0 Å². The normalized spacial score (nSPS) is 18.4. The summed E-state index contributed by atoms with van der Waals surface area (Å²) >= 11 is 0. The molecule has 1 aliphatic carbocycles. The van der Waals surface area contributed by atoms with Crippen LogP contribution in [0.25, 0.3) is 0 Å². The number of carbonyl (C=O) groups excluding carboxylic acids is 1. The van der Waals surface area contributed by atoms with E-state index in [9.17, 15) is 9.90 Å². The highest BCUT2D eigenvalue weighted by molar-refractivity contribution is 5.76. The first-order valence-corrected chi connectivity index (χ1v) is 8.03. The van der Waals surface area contributed by atoms with E-state index in [0.717, 1.165) is 6.42 Å². The molecule has 1 aromatic rings. The second-order valence-corrected chi connectivity index (χ2v) is 6.76. The van der Waals surface area contributed by atoms with Gasteiger partial charge in [-0.1, -0.05) is 50.1 Å². The van der Waals surface area contributed by atoms with E-state index in [1.54, 1.807) is 0 Å². The molecule has 1 aromatic carbocycles. The molecule has 1 amide bonds. The molecule has 116 valence electrons. The van der Waals surface area contributed by atoms with Gasteiger partial charge in [0.1, 0.15) is 0 Å². The van der Waals surface area contributed by atoms with E-state index in [2.05, 4.69) is 17.4 Å². The molecule has 1 atom stereocenters. The zero-order valence-corrected chi connectivity index (χ0v) is 13.0. The van der Waals surface area contributed by atoms with E-state index in [1.807, 2.05) is 25.1 Å². The van der Waals surface area contributed by atoms with E-state index in [-0.39, 0.29) is 17.9 Å². The molecule has 0 bridgehead atoms. The van der Waals surface area contributed by atoms with Gasteiger partial charge in [0.05, 0.1) is 6.61 Å². The zero-order valence-electron chi connectivity index (χ0n) is 13.0. The first-order chi connectivity index (χ1) is 10.1. The highest BCUT2D eigenvalue weighted by Gasteiger charge is 2.25. The van der Waals surface area contributed by atoms with Crippen LogP contribution in [0.15, 0.2) is 30.3 Å². The Morgan fingerprint density at radius 2 is 1.95 bits per heavy atom. The maximum absolute atomic E-state index is 12.0. The highest BCUT2D eigenvalue weighted by atomic mass is 16.3. The predicted molar refractivity (Wildman–Crippen MR) is 84.9 cm³/mol. The van der Waals surface area contributed by atoms with Crippen molar-refractivity contribution in [3.8, 4) is 0 Å². The fourth-order valence-electron chi connectivity index (χ4n) is 3.12. The average Bonchev–Trinajstić information content (AvgIpc) is 2.99. The molecule has 3 heteroatoms. The van der Waals surface area contributed by atoms with Crippen molar-refractivity contribution in [1.29, 1.82) is 0 Å². The number of hydrogen-bond acceptors (Lipinski definition) is 2. The fourth-order valence-corrected chi connectivity index (χ4v) is 3.12. The number of hydrogen-bond donors (Lipinski definition) is 2. The summed E-state index contributed by atoms with van der Waals surface area (Å²) in [5, 5.41) is 12.7. The van der Waals surface area contributed by atoms with Gasteiger partial charge in [0, 0.05) is 18.4 Å². The zero-order chi connectivity index (χ0) is 15.1. The number of carbonyl (C=O) groups is 1. The van der Waals surface area contributed by atoms with Gasteiger partial charge >= 0.3 is 0 Å². The van der Waals surface area contributed by atoms with E-state index >= 15 is 0 Å². The molecule has 1 fully saturated rings. The Kier molecular flexibility index (Phi) is 5.80. The topological polar surface area (TPSA) is 49.3 Å². The number of amides is 1. The van der Waals surface area contributed by atoms with Crippen LogP contribution in [-0.4, -0.2) is 24.2 Å². The Hall–Kier alpha value is -1.35. The average molecular weight is 289 g/mol. The molecule has 21 heavy (non-hydrogen) atoms. The van der Waals surface area contributed by atoms with Crippen molar-refractivity contribution in [3.05, 3.63) is 35.9 Å². The molecular weight excluding hydrogens is 262 g/mol. The van der Waals surface area contributed by atoms with E-state index in [0.29, 0.717) is 18.9 Å². The van der Waals surface area contributed by atoms with E-state index < -0.39 is 0 Å². The molecule has 0 unspecified atom stereocenters. The molecule has 3 nitrogen and oxygen atoms in total. The molecule has 0 aromatic heterocycles. The van der Waals surface area contributed by atoms with Crippen LogP contribution in [-0.2, 0) is 11.2 Å². The largest absolute Gasteiger partial charge is 0.396 e. The number of nitrogens with one attached hydrogen (secondary N) is 1. The van der Waals surface area contributed by atoms with Gasteiger partial charge in [0.2, 0.25) is 5.91 Å². The summed E-state index contributed by atoms with van der Waals surface area (Å²) in [6, 6.07) is 10.1. The van der Waals surface area contributed by atoms with Crippen molar-refractivity contribution in [2.24, 2.45) is 11.3 Å². The van der Waals surface area contributed by atoms with Gasteiger partial charge in [-0.2, -0.15) is 0 Å². The predicted octanol–water partition coefficient (Wildman–Crippen LogP) is 2.92. The smallest absolute Gasteiger partial charge is 0.220 e. The van der Waals surface area contributed by atoms with Crippen molar-refractivity contribution >= 4 is 5.91 Å². The standard InChI is InChI=1S/C18H27NO2/c1-18(14-20,12-16-9-3-2-4-10-16)13-19-17(21)11-15-7-5-6-8-15/h2-4,9-10,15,20H,5-8,11-14H2,1H3,(H,19,21)/t18-/m0/s1. The van der Waals surface area contributed by atoms with Crippen LogP contribution in [0, 0.1) is 11.3 Å². The molecule has 0 radical (unpaired) electrons. The number of rotatable bonds is 7. The van der Waals surface area contributed by atoms with Crippen LogP contribution >= 0.6 is 0 Å². The van der Waals surface area contributed by atoms with Crippen molar-refractivity contribution in [2.75, 3.05) is 13.2 Å². The van der Waals surface area contributed by atoms with Crippen LogP contribution in [0.3, 0.4) is 0 Å². The summed E-state index contributed by atoms with van der Waals surface area (Å²) in [7, 11) is 0. The lowest BCUT2D eigenvalue weighted by atomic mass is 9.84. The number of benzene rings is 1. The first-order valence-electron chi connectivity index (χ1n) is 8.03. The van der Waals surface area contributed by atoms with Crippen LogP contribution in [0.1, 0.15) is 44.6 Å². The Labute approximate surface area is 127 Å². The summed E-state index contributed by atoms with van der Waals surface area (Å²) in [5.41, 5.74) is 0.895. The fraction of sp³-hybridized carbons (Fsp3) is 0.611. The van der Waals surface area contributed by atoms with Gasteiger partial charge < -0.3 is 10.4 Å². The molecule has 0 spiro atoms. The third kappa shape index (κ3) is 5.16. The van der Waals surface area contributed by atoms with Crippen molar-refractivity contribution in [1.82, 2.24) is 5.32 Å². The maximum atomic E-state index is 12.0. The van der Waals surface area contributed by atoms with Crippen LogP contribution in [0.2, 0.25) is 0 Å². The van der Waals surface area contributed by atoms with Gasteiger partial charge in [-0.3, -0.25) is 4.79 Å². The second kappa shape index (κ2) is 7.60. The monoisotopic (exact) mass is 289 g/mol. The van der Waals surface area contributed by atoms with E-state index in [4.69, 9.17) is 0 Å². The van der Waals surface area contributed by atoms with Gasteiger partial charge in [0.25, 0.3) is 0 Å². The minimum atomic E-state index is -0.299. The molecule has 0 aliphatic heterocycles. The van der Waals surface area contributed by atoms with Crippen molar-refractivity contribution in [2.45, 2.75) is 45.4 Å². The molecule has 2 N–H and O–H groups in total. The minimum absolute atomic E-state index is 0.0750. The third-order valence-corrected chi connectivity index (χ3v) is 4.52. The third-order valence-electron chi connectivity index (χ3n) is 4.52. The molecule has 1 aliphatic rings. The Morgan fingerprint density at radius 3 is 2.57 bits per heavy atom. The SMILES string of the molecule is C[C@@](CO)(CNC(=O)CC1CCCC1)Cc1ccccc1. The maximum Gasteiger partial charge on any atom is 0.220 e. The van der Waals surface area contributed by atoms with Crippen LogP contribution in [0.5, 0.6) is 0 Å². The minimum Gasteiger partial charge on any atom is -0.396 e. The van der Waals surface area contributed by atoms with E-state index in [1.165, 1.54) is 31.2 Å². The highest BCUT2D eigenvalue weighted by Crippen LogP contribution is 2.27. The summed E-state index contributed by atoms with van der Waals surface area (Å²) in [6.07, 6.45) is 6.32. The molecule has 1 saturated carbocycles. The molecular formula is C18H27NO2. The Bertz CT molecular complexity index is 440. The second-order valence-electron chi connectivity index (χ2n) is 6.76. The van der Waals surface area contributed by atoms with Crippen LogP contribution < -0.4 is 5.32 Å². The summed E-state index contributed by atoms with van der Waals surface area (Å²) < 4.78 is 0. The Morgan fingerprint density at radius 1 is 1.29 bits per heavy atom. The van der Waals surface area contributed by atoms with Gasteiger partial charge in [-0.15, -0.1) is 0 Å². The van der Waals surface area contributed by atoms with Gasteiger partial charge in [0.15, 0.2) is 0 Å².